The van der Waals surface area contributed by atoms with Gasteiger partial charge in [0.1, 0.15) is 11.6 Å². The number of hydrogen-bond donors (Lipinski definition) is 2. The van der Waals surface area contributed by atoms with Gasteiger partial charge >= 0.3 is 0 Å². The molecule has 1 aromatic carbocycles. The first-order valence-electron chi connectivity index (χ1n) is 6.15. The van der Waals surface area contributed by atoms with Crippen LogP contribution >= 0.6 is 0 Å². The van der Waals surface area contributed by atoms with E-state index in [4.69, 9.17) is 4.74 Å². The predicted octanol–water partition coefficient (Wildman–Crippen LogP) is 1.25. The number of sulfonamides is 1. The maximum absolute atomic E-state index is 11.9. The Morgan fingerprint density at radius 2 is 2.00 bits per heavy atom. The molecule has 1 heterocycles. The zero-order valence-electron chi connectivity index (χ0n) is 11.4. The van der Waals surface area contributed by atoms with E-state index in [0.717, 1.165) is 11.3 Å². The molecule has 0 fully saturated rings. The van der Waals surface area contributed by atoms with Crippen molar-refractivity contribution in [1.82, 2.24) is 14.7 Å². The Balaban J connectivity index is 1.91. The number of benzene rings is 1. The van der Waals surface area contributed by atoms with Crippen molar-refractivity contribution in [3.05, 3.63) is 41.9 Å². The van der Waals surface area contributed by atoms with Crippen molar-refractivity contribution in [3.63, 3.8) is 0 Å². The molecule has 0 aliphatic carbocycles. The predicted molar refractivity (Wildman–Crippen MR) is 75.2 cm³/mol. The Morgan fingerprint density at radius 1 is 1.30 bits per heavy atom. The molecule has 0 atom stereocenters. The van der Waals surface area contributed by atoms with Crippen LogP contribution < -0.4 is 9.46 Å². The molecule has 6 nitrogen and oxygen atoms in total. The van der Waals surface area contributed by atoms with E-state index in [1.165, 1.54) is 6.20 Å². The van der Waals surface area contributed by atoms with Gasteiger partial charge < -0.3 is 9.72 Å². The van der Waals surface area contributed by atoms with Gasteiger partial charge in [0.2, 0.25) is 0 Å². The first-order valence-corrected chi connectivity index (χ1v) is 7.64. The lowest BCUT2D eigenvalue weighted by Crippen LogP contribution is -2.26. The molecule has 2 rings (SSSR count). The minimum atomic E-state index is -3.52. The van der Waals surface area contributed by atoms with Gasteiger partial charge in [0.15, 0.2) is 5.03 Å². The summed E-state index contributed by atoms with van der Waals surface area (Å²) in [5.41, 5.74) is 1.04. The summed E-state index contributed by atoms with van der Waals surface area (Å²) in [5.74, 6) is 1.35. The summed E-state index contributed by atoms with van der Waals surface area (Å²) in [6.45, 7) is 2.03. The normalized spacial score (nSPS) is 11.5. The average molecular weight is 295 g/mol. The van der Waals surface area contributed by atoms with Gasteiger partial charge in [-0.15, -0.1) is 0 Å². The van der Waals surface area contributed by atoms with Gasteiger partial charge in [-0.05, 0) is 31.0 Å². The van der Waals surface area contributed by atoms with E-state index >= 15 is 0 Å². The van der Waals surface area contributed by atoms with Crippen LogP contribution in [0.5, 0.6) is 5.75 Å². The molecular weight excluding hydrogens is 278 g/mol. The minimum Gasteiger partial charge on any atom is -0.497 e. The van der Waals surface area contributed by atoms with Crippen molar-refractivity contribution in [1.29, 1.82) is 0 Å². The maximum Gasteiger partial charge on any atom is 0.257 e. The molecule has 0 aliphatic rings. The van der Waals surface area contributed by atoms with E-state index in [1.54, 1.807) is 14.0 Å². The van der Waals surface area contributed by atoms with Gasteiger partial charge in [0.05, 0.1) is 13.3 Å². The Bertz CT molecular complexity index is 662. The summed E-state index contributed by atoms with van der Waals surface area (Å²) in [7, 11) is -1.91. The van der Waals surface area contributed by atoms with Crippen molar-refractivity contribution < 1.29 is 13.2 Å². The van der Waals surface area contributed by atoms with Crippen LogP contribution in [0.15, 0.2) is 35.5 Å². The molecular formula is C13H17N3O3S. The lowest BCUT2D eigenvalue weighted by Gasteiger charge is -2.05. The Labute approximate surface area is 118 Å². The lowest BCUT2D eigenvalue weighted by atomic mass is 10.1. The first-order chi connectivity index (χ1) is 9.51. The van der Waals surface area contributed by atoms with Gasteiger partial charge in [-0.25, -0.2) is 18.1 Å². The quantitative estimate of drug-likeness (QED) is 0.840. The molecule has 0 spiro atoms. The highest BCUT2D eigenvalue weighted by Crippen LogP contribution is 2.11. The van der Waals surface area contributed by atoms with Gasteiger partial charge in [-0.3, -0.25) is 0 Å². The summed E-state index contributed by atoms with van der Waals surface area (Å²) in [5, 5.41) is 0.0877. The van der Waals surface area contributed by atoms with Crippen LogP contribution in [-0.2, 0) is 16.4 Å². The number of nitrogens with zero attached hydrogens (tertiary/aromatic N) is 1. The number of aryl methyl sites for hydroxylation is 1. The number of imidazole rings is 1. The Kier molecular flexibility index (Phi) is 4.41. The molecule has 20 heavy (non-hydrogen) atoms. The molecule has 1 aromatic heterocycles. The standard InChI is InChI=1S/C13H17N3O3S/c1-10-14-9-13(16-10)20(17,18)15-8-7-11-3-5-12(19-2)6-4-11/h3-6,9,15H,7-8H2,1-2H3,(H,14,16). The second-order valence-electron chi connectivity index (χ2n) is 4.33. The molecule has 0 aliphatic heterocycles. The summed E-state index contributed by atoms with van der Waals surface area (Å²) in [4.78, 5) is 6.58. The van der Waals surface area contributed by atoms with Gasteiger partial charge in [-0.2, -0.15) is 0 Å². The second-order valence-corrected chi connectivity index (χ2v) is 6.06. The van der Waals surface area contributed by atoms with Crippen LogP contribution in [-0.4, -0.2) is 32.0 Å². The summed E-state index contributed by atoms with van der Waals surface area (Å²) < 4.78 is 31.5. The lowest BCUT2D eigenvalue weighted by molar-refractivity contribution is 0.414. The van der Waals surface area contributed by atoms with Gasteiger partial charge in [0, 0.05) is 6.54 Å². The number of nitrogens with one attached hydrogen (secondary N) is 2. The number of hydrogen-bond acceptors (Lipinski definition) is 4. The topological polar surface area (TPSA) is 84.1 Å². The summed E-state index contributed by atoms with van der Waals surface area (Å²) in [6.07, 6.45) is 1.92. The van der Waals surface area contributed by atoms with Crippen molar-refractivity contribution in [3.8, 4) is 5.75 Å². The molecule has 2 aromatic rings. The third-order valence-corrected chi connectivity index (χ3v) is 4.20. The minimum absolute atomic E-state index is 0.0877. The Morgan fingerprint density at radius 3 is 2.55 bits per heavy atom. The smallest absolute Gasteiger partial charge is 0.257 e. The second kappa shape index (κ2) is 6.06. The fourth-order valence-corrected chi connectivity index (χ4v) is 2.73. The van der Waals surface area contributed by atoms with Crippen LogP contribution in [0.1, 0.15) is 11.4 Å². The van der Waals surface area contributed by atoms with Crippen LogP contribution in [0.2, 0.25) is 0 Å². The molecule has 2 N–H and O–H groups in total. The van der Waals surface area contributed by atoms with Gasteiger partial charge in [0.25, 0.3) is 10.0 Å². The van der Waals surface area contributed by atoms with Crippen LogP contribution in [0, 0.1) is 6.92 Å². The van der Waals surface area contributed by atoms with E-state index < -0.39 is 10.0 Å². The Hall–Kier alpha value is -1.86. The van der Waals surface area contributed by atoms with E-state index in [2.05, 4.69) is 14.7 Å². The third-order valence-electron chi connectivity index (χ3n) is 2.83. The van der Waals surface area contributed by atoms with E-state index in [1.807, 2.05) is 24.3 Å². The highest BCUT2D eigenvalue weighted by molar-refractivity contribution is 7.89. The van der Waals surface area contributed by atoms with Crippen molar-refractivity contribution in [2.75, 3.05) is 13.7 Å². The van der Waals surface area contributed by atoms with Crippen LogP contribution in [0.3, 0.4) is 0 Å². The first kappa shape index (κ1) is 14.5. The zero-order chi connectivity index (χ0) is 14.6. The van der Waals surface area contributed by atoms with Crippen LogP contribution in [0.25, 0.3) is 0 Å². The fourth-order valence-electron chi connectivity index (χ4n) is 1.73. The summed E-state index contributed by atoms with van der Waals surface area (Å²) >= 11 is 0. The maximum atomic E-state index is 11.9. The highest BCUT2D eigenvalue weighted by Gasteiger charge is 2.15. The van der Waals surface area contributed by atoms with E-state index in [9.17, 15) is 8.42 Å². The molecule has 0 bridgehead atoms. The van der Waals surface area contributed by atoms with Crippen molar-refractivity contribution in [2.24, 2.45) is 0 Å². The summed E-state index contributed by atoms with van der Waals surface area (Å²) in [6, 6.07) is 7.52. The molecule has 0 unspecified atom stereocenters. The number of aromatic nitrogens is 2. The number of ether oxygens (including phenoxy) is 1. The molecule has 0 saturated heterocycles. The van der Waals surface area contributed by atoms with Gasteiger partial charge in [-0.1, -0.05) is 12.1 Å². The van der Waals surface area contributed by atoms with Crippen LogP contribution in [0.4, 0.5) is 0 Å². The van der Waals surface area contributed by atoms with E-state index in [-0.39, 0.29) is 5.03 Å². The van der Waals surface area contributed by atoms with E-state index in [0.29, 0.717) is 18.8 Å². The van der Waals surface area contributed by atoms with Crippen molar-refractivity contribution >= 4 is 10.0 Å². The number of H-pyrrole nitrogens is 1. The number of rotatable bonds is 6. The monoisotopic (exact) mass is 295 g/mol. The molecule has 7 heteroatoms. The zero-order valence-corrected chi connectivity index (χ0v) is 12.2. The fraction of sp³-hybridized carbons (Fsp3) is 0.308. The number of aromatic amines is 1. The molecule has 0 saturated carbocycles. The SMILES string of the molecule is COc1ccc(CCNS(=O)(=O)c2cnc(C)[nH]2)cc1. The third kappa shape index (κ3) is 3.58. The molecule has 0 amide bonds. The molecule has 108 valence electrons. The largest absolute Gasteiger partial charge is 0.497 e. The average Bonchev–Trinajstić information content (AvgIpc) is 2.87. The van der Waals surface area contributed by atoms with Crippen molar-refractivity contribution in [2.45, 2.75) is 18.4 Å². The molecule has 0 radical (unpaired) electrons. The number of methoxy groups -OCH3 is 1. The highest BCUT2D eigenvalue weighted by atomic mass is 32.2.